The van der Waals surface area contributed by atoms with Gasteiger partial charge in [0.25, 0.3) is 5.56 Å². The molecule has 0 spiro atoms. The number of aromatic amines is 1. The molecule has 0 aliphatic heterocycles. The Morgan fingerprint density at radius 2 is 2.11 bits per heavy atom. The minimum absolute atomic E-state index is 0.156. The van der Waals surface area contributed by atoms with E-state index in [1.54, 1.807) is 12.1 Å². The number of nitrogens with zero attached hydrogens (tertiary/aromatic N) is 2. The Morgan fingerprint density at radius 1 is 1.33 bits per heavy atom. The number of hydrogen-bond donors (Lipinski definition) is 3. The molecule has 0 amide bonds. The number of ether oxygens (including phenoxy) is 1. The molecule has 2 rings (SSSR count). The summed E-state index contributed by atoms with van der Waals surface area (Å²) in [5, 5.41) is 0.953. The zero-order chi connectivity index (χ0) is 13.1. The molecule has 0 atom stereocenters. The number of rotatable bonds is 3. The highest BCUT2D eigenvalue weighted by Gasteiger charge is 2.06. The lowest BCUT2D eigenvalue weighted by Crippen LogP contribution is -2.09. The molecular weight excluding hydrogens is 254 g/mol. The Kier molecular flexibility index (Phi) is 3.38. The van der Waals surface area contributed by atoms with Gasteiger partial charge in [-0.15, -0.1) is 0 Å². The van der Waals surface area contributed by atoms with Crippen molar-refractivity contribution in [3.8, 4) is 5.88 Å². The van der Waals surface area contributed by atoms with E-state index in [0.717, 1.165) is 11.8 Å². The summed E-state index contributed by atoms with van der Waals surface area (Å²) in [6.07, 6.45) is 0. The van der Waals surface area contributed by atoms with Crippen LogP contribution in [0.15, 0.2) is 33.2 Å². The van der Waals surface area contributed by atoms with Crippen LogP contribution in [0.1, 0.15) is 0 Å². The van der Waals surface area contributed by atoms with Gasteiger partial charge in [-0.05, 0) is 23.9 Å². The molecule has 18 heavy (non-hydrogen) atoms. The summed E-state index contributed by atoms with van der Waals surface area (Å²) in [5.74, 6) is 0.481. The van der Waals surface area contributed by atoms with Crippen molar-refractivity contribution in [2.24, 2.45) is 0 Å². The molecule has 94 valence electrons. The van der Waals surface area contributed by atoms with Gasteiger partial charge in [0, 0.05) is 6.07 Å². The van der Waals surface area contributed by atoms with Gasteiger partial charge >= 0.3 is 0 Å². The monoisotopic (exact) mass is 265 g/mol. The summed E-state index contributed by atoms with van der Waals surface area (Å²) in [6, 6.07) is 4.57. The number of nitrogens with one attached hydrogen (secondary N) is 1. The van der Waals surface area contributed by atoms with Crippen LogP contribution in [0.5, 0.6) is 5.88 Å². The van der Waals surface area contributed by atoms with Crippen molar-refractivity contribution in [2.45, 2.75) is 10.2 Å². The van der Waals surface area contributed by atoms with Crippen LogP contribution in [0, 0.1) is 0 Å². The van der Waals surface area contributed by atoms with Gasteiger partial charge in [0.1, 0.15) is 10.8 Å². The lowest BCUT2D eigenvalue weighted by molar-refractivity contribution is 0.397. The zero-order valence-corrected chi connectivity index (χ0v) is 10.3. The number of nitrogens with two attached hydrogens (primary N) is 2. The number of H-pyrrole nitrogens is 1. The maximum atomic E-state index is 11.2. The Morgan fingerprint density at radius 3 is 2.78 bits per heavy atom. The first-order chi connectivity index (χ1) is 8.58. The summed E-state index contributed by atoms with van der Waals surface area (Å²) >= 11 is 1.16. The molecule has 0 aliphatic rings. The van der Waals surface area contributed by atoms with Gasteiger partial charge in [-0.1, -0.05) is 0 Å². The second-order valence-electron chi connectivity index (χ2n) is 3.33. The number of nitrogen functional groups attached to an aromatic ring is 2. The van der Waals surface area contributed by atoms with Gasteiger partial charge in [0.2, 0.25) is 5.88 Å². The molecule has 5 N–H and O–H groups in total. The first-order valence-electron chi connectivity index (χ1n) is 4.93. The largest absolute Gasteiger partial charge is 0.480 e. The molecule has 8 heteroatoms. The van der Waals surface area contributed by atoms with E-state index in [1.165, 1.54) is 13.2 Å². The minimum Gasteiger partial charge on any atom is -0.480 e. The Bertz CT molecular complexity index is 628. The predicted octanol–water partition coefficient (Wildman–Crippen LogP) is 0.489. The van der Waals surface area contributed by atoms with Crippen molar-refractivity contribution in [3.05, 3.63) is 28.6 Å². The number of aromatic nitrogens is 3. The van der Waals surface area contributed by atoms with Crippen molar-refractivity contribution in [2.75, 3.05) is 18.6 Å². The maximum absolute atomic E-state index is 11.2. The molecule has 0 aliphatic carbocycles. The Balaban J connectivity index is 2.31. The highest BCUT2D eigenvalue weighted by atomic mass is 32.2. The van der Waals surface area contributed by atoms with E-state index < -0.39 is 0 Å². The first-order valence-corrected chi connectivity index (χ1v) is 5.75. The van der Waals surface area contributed by atoms with E-state index >= 15 is 0 Å². The smallest absolute Gasteiger partial charge is 0.253 e. The summed E-state index contributed by atoms with van der Waals surface area (Å²) < 4.78 is 5.00. The molecule has 0 saturated carbocycles. The van der Waals surface area contributed by atoms with Crippen molar-refractivity contribution in [3.63, 3.8) is 0 Å². The molecule has 0 radical (unpaired) electrons. The zero-order valence-electron chi connectivity index (χ0n) is 9.51. The van der Waals surface area contributed by atoms with Gasteiger partial charge in [-0.2, -0.15) is 0 Å². The van der Waals surface area contributed by atoms with Crippen molar-refractivity contribution in [1.29, 1.82) is 0 Å². The molecule has 2 heterocycles. The minimum atomic E-state index is -0.313. The third-order valence-corrected chi connectivity index (χ3v) is 2.82. The second kappa shape index (κ2) is 4.96. The SMILES string of the molecule is COc1nc(Sc2nc(N)cc(=O)[nH]2)ccc1N. The lowest BCUT2D eigenvalue weighted by atomic mass is 10.4. The highest BCUT2D eigenvalue weighted by molar-refractivity contribution is 7.99. The predicted molar refractivity (Wildman–Crippen MR) is 68.6 cm³/mol. The average Bonchev–Trinajstić information content (AvgIpc) is 2.30. The van der Waals surface area contributed by atoms with Crippen molar-refractivity contribution >= 4 is 23.3 Å². The van der Waals surface area contributed by atoms with Crippen molar-refractivity contribution < 1.29 is 4.74 Å². The molecule has 0 saturated heterocycles. The van der Waals surface area contributed by atoms with Crippen LogP contribution in [0.3, 0.4) is 0 Å². The second-order valence-corrected chi connectivity index (χ2v) is 4.33. The standard InChI is InChI=1S/C10H11N5O2S/c1-17-9-5(11)2-3-8(15-9)18-10-13-6(12)4-7(16)14-10/h2-4H,11H2,1H3,(H3,12,13,14,16). The Labute approximate surface area is 107 Å². The quantitative estimate of drug-likeness (QED) is 0.690. The van der Waals surface area contributed by atoms with E-state index in [0.29, 0.717) is 21.7 Å². The topological polar surface area (TPSA) is 120 Å². The molecule has 0 fully saturated rings. The van der Waals surface area contributed by atoms with Gasteiger partial charge in [-0.25, -0.2) is 9.97 Å². The summed E-state index contributed by atoms with van der Waals surface area (Å²) in [5.41, 5.74) is 11.3. The first kappa shape index (κ1) is 12.2. The molecule has 2 aromatic heterocycles. The molecule has 2 aromatic rings. The fourth-order valence-electron chi connectivity index (χ4n) is 1.26. The van der Waals surface area contributed by atoms with Gasteiger partial charge in [0.05, 0.1) is 12.8 Å². The number of anilines is 2. The molecule has 0 aromatic carbocycles. The van der Waals surface area contributed by atoms with E-state index in [1.807, 2.05) is 0 Å². The van der Waals surface area contributed by atoms with Crippen LogP contribution in [0.4, 0.5) is 11.5 Å². The van der Waals surface area contributed by atoms with Crippen LogP contribution in [0.2, 0.25) is 0 Å². The third-order valence-electron chi connectivity index (χ3n) is 2.00. The van der Waals surface area contributed by atoms with Gasteiger partial charge in [-0.3, -0.25) is 4.79 Å². The number of methoxy groups -OCH3 is 1. The van der Waals surface area contributed by atoms with Gasteiger partial charge < -0.3 is 21.2 Å². The fraction of sp³-hybridized carbons (Fsp3) is 0.100. The van der Waals surface area contributed by atoms with E-state index in [9.17, 15) is 4.79 Å². The summed E-state index contributed by atoms with van der Waals surface area (Å²) in [7, 11) is 1.48. The molecule has 0 bridgehead atoms. The van der Waals surface area contributed by atoms with Crippen LogP contribution < -0.4 is 21.8 Å². The summed E-state index contributed by atoms with van der Waals surface area (Å²) in [4.78, 5) is 21.9. The lowest BCUT2D eigenvalue weighted by Gasteiger charge is -2.05. The fourth-order valence-corrected chi connectivity index (χ4v) is 2.02. The summed E-state index contributed by atoms with van der Waals surface area (Å²) in [6.45, 7) is 0. The van der Waals surface area contributed by atoms with Crippen LogP contribution in [-0.4, -0.2) is 22.1 Å². The highest BCUT2D eigenvalue weighted by Crippen LogP contribution is 2.27. The Hall–Kier alpha value is -2.22. The van der Waals surface area contributed by atoms with Crippen LogP contribution in [-0.2, 0) is 0 Å². The number of hydrogen-bond acceptors (Lipinski definition) is 7. The van der Waals surface area contributed by atoms with Crippen molar-refractivity contribution in [1.82, 2.24) is 15.0 Å². The number of pyridine rings is 1. The molecule has 7 nitrogen and oxygen atoms in total. The molecular formula is C10H11N5O2S. The van der Waals surface area contributed by atoms with Gasteiger partial charge in [0.15, 0.2) is 5.16 Å². The average molecular weight is 265 g/mol. The van der Waals surface area contributed by atoms with E-state index in [4.69, 9.17) is 16.2 Å². The van der Waals surface area contributed by atoms with E-state index in [2.05, 4.69) is 15.0 Å². The maximum Gasteiger partial charge on any atom is 0.253 e. The van der Waals surface area contributed by atoms with E-state index in [-0.39, 0.29) is 11.4 Å². The normalized spacial score (nSPS) is 10.3. The third kappa shape index (κ3) is 2.72. The van der Waals surface area contributed by atoms with Crippen LogP contribution in [0.25, 0.3) is 0 Å². The molecule has 0 unspecified atom stereocenters. The van der Waals surface area contributed by atoms with Crippen LogP contribution >= 0.6 is 11.8 Å².